The molecule has 0 spiro atoms. The maximum Gasteiger partial charge on any atom is 0.143 e. The fourth-order valence-corrected chi connectivity index (χ4v) is 4.21. The molecule has 118 valence electrons. The van der Waals surface area contributed by atoms with Crippen LogP contribution < -0.4 is 5.32 Å². The number of aromatic hydroxyl groups is 1. The van der Waals surface area contributed by atoms with Gasteiger partial charge >= 0.3 is 0 Å². The standard InChI is InChI=1S/C16H23Br2NO2/c1-3-16(4-2)9-12(5-6-21-16)19-10-11-7-13(17)15(20)14(18)8-11/h7-8,12,19-20H,3-6,9-10H2,1-2H3. The van der Waals surface area contributed by atoms with Crippen molar-refractivity contribution in [2.75, 3.05) is 6.61 Å². The minimum Gasteiger partial charge on any atom is -0.506 e. The molecule has 0 radical (unpaired) electrons. The molecule has 0 aromatic heterocycles. The summed E-state index contributed by atoms with van der Waals surface area (Å²) in [5.41, 5.74) is 1.20. The van der Waals surface area contributed by atoms with E-state index in [1.807, 2.05) is 12.1 Å². The Morgan fingerprint density at radius 1 is 1.29 bits per heavy atom. The van der Waals surface area contributed by atoms with Crippen molar-refractivity contribution < 1.29 is 9.84 Å². The van der Waals surface area contributed by atoms with Crippen LogP contribution in [0.25, 0.3) is 0 Å². The molecule has 2 rings (SSSR count). The molecule has 1 aromatic rings. The Kier molecular flexibility index (Phi) is 6.12. The summed E-state index contributed by atoms with van der Waals surface area (Å²) in [5, 5.41) is 13.4. The first-order chi connectivity index (χ1) is 9.99. The average molecular weight is 421 g/mol. The van der Waals surface area contributed by atoms with Crippen molar-refractivity contribution in [3.8, 4) is 5.75 Å². The number of phenols is 1. The Morgan fingerprint density at radius 2 is 1.90 bits per heavy atom. The number of phenolic OH excluding ortho intramolecular Hbond substituents is 1. The molecule has 5 heteroatoms. The normalized spacial score (nSPS) is 21.4. The van der Waals surface area contributed by atoms with E-state index in [4.69, 9.17) is 4.74 Å². The van der Waals surface area contributed by atoms with E-state index in [1.165, 1.54) is 0 Å². The van der Waals surface area contributed by atoms with Gasteiger partial charge in [-0.15, -0.1) is 0 Å². The molecule has 1 atom stereocenters. The van der Waals surface area contributed by atoms with Gasteiger partial charge in [0.25, 0.3) is 0 Å². The first-order valence-corrected chi connectivity index (χ1v) is 9.12. The number of ether oxygens (including phenoxy) is 1. The van der Waals surface area contributed by atoms with E-state index in [0.29, 0.717) is 6.04 Å². The van der Waals surface area contributed by atoms with Crippen molar-refractivity contribution in [3.63, 3.8) is 0 Å². The Balaban J connectivity index is 1.97. The Bertz CT molecular complexity index is 466. The van der Waals surface area contributed by atoms with Gasteiger partial charge in [0.15, 0.2) is 0 Å². The molecule has 2 N–H and O–H groups in total. The quantitative estimate of drug-likeness (QED) is 0.722. The molecule has 1 fully saturated rings. The first kappa shape index (κ1) is 17.3. The van der Waals surface area contributed by atoms with Crippen molar-refractivity contribution in [1.82, 2.24) is 5.32 Å². The third kappa shape index (κ3) is 4.21. The summed E-state index contributed by atoms with van der Waals surface area (Å²) in [7, 11) is 0. The lowest BCUT2D eigenvalue weighted by Crippen LogP contribution is -2.46. The van der Waals surface area contributed by atoms with Gasteiger partial charge < -0.3 is 15.2 Å². The van der Waals surface area contributed by atoms with Crippen molar-refractivity contribution in [2.24, 2.45) is 0 Å². The number of halogens is 2. The molecule has 21 heavy (non-hydrogen) atoms. The molecule has 0 amide bonds. The zero-order valence-corrected chi connectivity index (χ0v) is 15.8. The first-order valence-electron chi connectivity index (χ1n) is 7.54. The highest BCUT2D eigenvalue weighted by molar-refractivity contribution is 9.11. The van der Waals surface area contributed by atoms with Crippen LogP contribution in [0.15, 0.2) is 21.1 Å². The summed E-state index contributed by atoms with van der Waals surface area (Å²) >= 11 is 6.75. The fourth-order valence-electron chi connectivity index (χ4n) is 2.93. The lowest BCUT2D eigenvalue weighted by Gasteiger charge is -2.40. The molecule has 1 saturated heterocycles. The maximum atomic E-state index is 9.75. The molecule has 3 nitrogen and oxygen atoms in total. The van der Waals surface area contributed by atoms with Gasteiger partial charge in [-0.05, 0) is 75.2 Å². The molecule has 1 aliphatic heterocycles. The summed E-state index contributed by atoms with van der Waals surface area (Å²) in [6.07, 6.45) is 4.26. The van der Waals surface area contributed by atoms with Crippen LogP contribution in [0.1, 0.15) is 45.1 Å². The van der Waals surface area contributed by atoms with Crippen LogP contribution in [0.2, 0.25) is 0 Å². The number of nitrogens with one attached hydrogen (secondary N) is 1. The minimum absolute atomic E-state index is 0.0477. The molecule has 0 bridgehead atoms. The third-order valence-corrected chi connectivity index (χ3v) is 5.66. The summed E-state index contributed by atoms with van der Waals surface area (Å²) in [6, 6.07) is 4.41. The number of hydrogen-bond acceptors (Lipinski definition) is 3. The number of benzene rings is 1. The number of hydrogen-bond donors (Lipinski definition) is 2. The molecule has 1 heterocycles. The Morgan fingerprint density at radius 3 is 2.48 bits per heavy atom. The van der Waals surface area contributed by atoms with Gasteiger partial charge in [-0.3, -0.25) is 0 Å². The molecule has 1 aromatic carbocycles. The predicted molar refractivity (Wildman–Crippen MR) is 92.6 cm³/mol. The molecule has 0 saturated carbocycles. The van der Waals surface area contributed by atoms with Crippen LogP contribution >= 0.6 is 31.9 Å². The van der Waals surface area contributed by atoms with E-state index < -0.39 is 0 Å². The Labute approximate surface area is 143 Å². The monoisotopic (exact) mass is 419 g/mol. The van der Waals surface area contributed by atoms with Crippen molar-refractivity contribution in [2.45, 2.75) is 57.7 Å². The molecule has 1 unspecified atom stereocenters. The minimum atomic E-state index is 0.0477. The van der Waals surface area contributed by atoms with E-state index >= 15 is 0 Å². The van der Waals surface area contributed by atoms with E-state index in [1.54, 1.807) is 0 Å². The van der Waals surface area contributed by atoms with Gasteiger partial charge in [0.1, 0.15) is 5.75 Å². The molecular weight excluding hydrogens is 398 g/mol. The van der Waals surface area contributed by atoms with Crippen molar-refractivity contribution in [3.05, 3.63) is 26.6 Å². The van der Waals surface area contributed by atoms with Crippen LogP contribution in [0.3, 0.4) is 0 Å². The van der Waals surface area contributed by atoms with Crippen molar-refractivity contribution >= 4 is 31.9 Å². The molecule has 1 aliphatic rings. The van der Waals surface area contributed by atoms with Crippen LogP contribution in [-0.2, 0) is 11.3 Å². The zero-order valence-electron chi connectivity index (χ0n) is 12.6. The topological polar surface area (TPSA) is 41.5 Å². The second-order valence-electron chi connectivity index (χ2n) is 5.72. The predicted octanol–water partition coefficient (Wildman–Crippen LogP) is 4.74. The summed E-state index contributed by atoms with van der Waals surface area (Å²) in [4.78, 5) is 0. The van der Waals surface area contributed by atoms with Crippen LogP contribution in [-0.4, -0.2) is 23.4 Å². The van der Waals surface area contributed by atoms with Gasteiger partial charge in [0.05, 0.1) is 14.5 Å². The summed E-state index contributed by atoms with van der Waals surface area (Å²) in [6.45, 7) is 6.05. The van der Waals surface area contributed by atoms with Gasteiger partial charge in [-0.1, -0.05) is 13.8 Å². The van der Waals surface area contributed by atoms with E-state index in [0.717, 1.165) is 53.3 Å². The van der Waals surface area contributed by atoms with Gasteiger partial charge in [0, 0.05) is 19.2 Å². The second-order valence-corrected chi connectivity index (χ2v) is 7.43. The van der Waals surface area contributed by atoms with Crippen molar-refractivity contribution in [1.29, 1.82) is 0 Å². The molecular formula is C16H23Br2NO2. The average Bonchev–Trinajstić information content (AvgIpc) is 2.50. The highest BCUT2D eigenvalue weighted by atomic mass is 79.9. The van der Waals surface area contributed by atoms with E-state index in [9.17, 15) is 5.11 Å². The lowest BCUT2D eigenvalue weighted by atomic mass is 9.86. The largest absolute Gasteiger partial charge is 0.506 e. The second kappa shape index (κ2) is 7.44. The SMILES string of the molecule is CCC1(CC)CC(NCc2cc(Br)c(O)c(Br)c2)CCO1. The summed E-state index contributed by atoms with van der Waals surface area (Å²) in [5.74, 6) is 0.251. The van der Waals surface area contributed by atoms with E-state index in [-0.39, 0.29) is 11.4 Å². The highest BCUT2D eigenvalue weighted by Gasteiger charge is 2.34. The molecule has 0 aliphatic carbocycles. The highest BCUT2D eigenvalue weighted by Crippen LogP contribution is 2.34. The number of rotatable bonds is 5. The van der Waals surface area contributed by atoms with Crippen LogP contribution in [0, 0.1) is 0 Å². The maximum absolute atomic E-state index is 9.75. The van der Waals surface area contributed by atoms with Gasteiger partial charge in [0.2, 0.25) is 0 Å². The van der Waals surface area contributed by atoms with Gasteiger partial charge in [-0.25, -0.2) is 0 Å². The third-order valence-electron chi connectivity index (χ3n) is 4.45. The van der Waals surface area contributed by atoms with E-state index in [2.05, 4.69) is 51.0 Å². The van der Waals surface area contributed by atoms with Gasteiger partial charge in [-0.2, -0.15) is 0 Å². The smallest absolute Gasteiger partial charge is 0.143 e. The zero-order chi connectivity index (χ0) is 15.5. The van der Waals surface area contributed by atoms with Crippen LogP contribution in [0.5, 0.6) is 5.75 Å². The fraction of sp³-hybridized carbons (Fsp3) is 0.625. The van der Waals surface area contributed by atoms with Crippen LogP contribution in [0.4, 0.5) is 0 Å². The lowest BCUT2D eigenvalue weighted by molar-refractivity contribution is -0.0932. The Hall–Kier alpha value is -0.100. The summed E-state index contributed by atoms with van der Waals surface area (Å²) < 4.78 is 7.45.